The number of fused-ring (bicyclic) bond motifs is 1. The Hall–Kier alpha value is -2.33. The van der Waals surface area contributed by atoms with Crippen molar-refractivity contribution in [3.63, 3.8) is 0 Å². The molecule has 1 amide bonds. The van der Waals surface area contributed by atoms with Crippen LogP contribution in [0.25, 0.3) is 16.2 Å². The molecule has 1 atom stereocenters. The van der Waals surface area contributed by atoms with Crippen molar-refractivity contribution in [1.82, 2.24) is 19.5 Å². The molecule has 0 radical (unpaired) electrons. The predicted octanol–water partition coefficient (Wildman–Crippen LogP) is 5.49. The number of likely N-dealkylation sites (tertiary alicyclic amines) is 1. The summed E-state index contributed by atoms with van der Waals surface area (Å²) >= 11 is 2.85. The fourth-order valence-corrected chi connectivity index (χ4v) is 5.29. The van der Waals surface area contributed by atoms with Gasteiger partial charge < -0.3 is 14.4 Å². The lowest BCUT2D eigenvalue weighted by atomic mass is 9.92. The van der Waals surface area contributed by atoms with Crippen molar-refractivity contribution in [2.75, 3.05) is 19.3 Å². The maximum atomic E-state index is 14.4. The van der Waals surface area contributed by atoms with Crippen LogP contribution in [0.2, 0.25) is 0 Å². The van der Waals surface area contributed by atoms with Gasteiger partial charge in [0, 0.05) is 23.5 Å². The van der Waals surface area contributed by atoms with E-state index in [1.54, 1.807) is 21.7 Å². The molecule has 0 bridgehead atoms. The number of rotatable bonds is 6. The summed E-state index contributed by atoms with van der Waals surface area (Å²) in [6, 6.07) is 5.16. The molecule has 7 nitrogen and oxygen atoms in total. The summed E-state index contributed by atoms with van der Waals surface area (Å²) in [5.41, 5.74) is 0.774. The van der Waals surface area contributed by atoms with Crippen LogP contribution in [0.15, 0.2) is 29.3 Å². The lowest BCUT2D eigenvalue weighted by Gasteiger charge is -2.34. The molecule has 5 rings (SSSR count). The van der Waals surface area contributed by atoms with E-state index in [9.17, 15) is 9.18 Å². The summed E-state index contributed by atoms with van der Waals surface area (Å²) in [4.78, 5) is 20.2. The third-order valence-corrected chi connectivity index (χ3v) is 8.05. The van der Waals surface area contributed by atoms with Gasteiger partial charge in [-0.2, -0.15) is 0 Å². The highest BCUT2D eigenvalue weighted by molar-refractivity contribution is 7.98. The van der Waals surface area contributed by atoms with Crippen molar-refractivity contribution in [2.24, 2.45) is 5.92 Å². The Morgan fingerprint density at radius 2 is 2.09 bits per heavy atom. The summed E-state index contributed by atoms with van der Waals surface area (Å²) in [7, 11) is 0. The molecule has 3 aromatic rings. The number of ether oxygens (including phenoxy) is 2. The van der Waals surface area contributed by atoms with Gasteiger partial charge in [-0.15, -0.1) is 16.9 Å². The van der Waals surface area contributed by atoms with E-state index in [0.717, 1.165) is 30.6 Å². The molecule has 1 saturated heterocycles. The molecule has 2 aromatic heterocycles. The Balaban J connectivity index is 1.18. The largest absolute Gasteiger partial charge is 0.466 e. The van der Waals surface area contributed by atoms with E-state index in [1.165, 1.54) is 29.2 Å². The van der Waals surface area contributed by atoms with Gasteiger partial charge in [0.1, 0.15) is 17.5 Å². The fraction of sp³-hybridized carbons (Fsp3) is 0.522. The second-order valence-electron chi connectivity index (χ2n) is 9.03. The number of piperidine rings is 1. The molecule has 1 aromatic carbocycles. The molecule has 176 valence electrons. The van der Waals surface area contributed by atoms with Crippen LogP contribution in [0.1, 0.15) is 39.5 Å². The molecule has 1 unspecified atom stereocenters. The van der Waals surface area contributed by atoms with Gasteiger partial charge in [0.25, 0.3) is 5.19 Å². The molecule has 0 N–H and O–H groups in total. The molecule has 1 aliphatic carbocycles. The highest BCUT2D eigenvalue weighted by Gasteiger charge is 2.43. The van der Waals surface area contributed by atoms with E-state index < -0.39 is 0 Å². The van der Waals surface area contributed by atoms with Gasteiger partial charge in [0.15, 0.2) is 0 Å². The lowest BCUT2D eigenvalue weighted by molar-refractivity contribution is 0.0372. The first kappa shape index (κ1) is 22.5. The van der Waals surface area contributed by atoms with Crippen LogP contribution in [-0.2, 0) is 4.74 Å². The number of hydrogen-bond acceptors (Lipinski definition) is 7. The van der Waals surface area contributed by atoms with E-state index in [4.69, 9.17) is 9.47 Å². The second-order valence-corrected chi connectivity index (χ2v) is 10.8. The number of thioether (sulfide) groups is 1. The maximum absolute atomic E-state index is 14.4. The Kier molecular flexibility index (Phi) is 5.98. The Morgan fingerprint density at radius 1 is 1.33 bits per heavy atom. The number of hydrogen-bond donors (Lipinski definition) is 0. The molecule has 33 heavy (non-hydrogen) atoms. The molecule has 1 aliphatic heterocycles. The molecule has 10 heteroatoms. The lowest BCUT2D eigenvalue weighted by Crippen LogP contribution is -2.43. The summed E-state index contributed by atoms with van der Waals surface area (Å²) in [6.45, 7) is 5.39. The minimum atomic E-state index is -0.292. The molecular weight excluding hydrogens is 463 g/mol. The van der Waals surface area contributed by atoms with Crippen LogP contribution >= 0.6 is 23.1 Å². The number of carbonyl (C=O) groups excluding carboxylic acids is 1. The van der Waals surface area contributed by atoms with Crippen molar-refractivity contribution in [3.05, 3.63) is 30.2 Å². The quantitative estimate of drug-likeness (QED) is 0.426. The SMILES string of the molecule is CSc1ccc(-c2cn3nc(OC(C)C4CCN(C(=O)OC5(C)CC5)CC4)sc3n2)c(F)c1. The Labute approximate surface area is 200 Å². The van der Waals surface area contributed by atoms with E-state index in [0.29, 0.717) is 40.4 Å². The zero-order valence-electron chi connectivity index (χ0n) is 18.9. The Bertz CT molecular complexity index is 1140. The number of carbonyl (C=O) groups is 1. The van der Waals surface area contributed by atoms with Crippen molar-refractivity contribution in [3.8, 4) is 16.5 Å². The van der Waals surface area contributed by atoms with Gasteiger partial charge in [0.05, 0.1) is 11.9 Å². The molecular formula is C23H27FN4O3S2. The Morgan fingerprint density at radius 3 is 2.73 bits per heavy atom. The van der Waals surface area contributed by atoms with Gasteiger partial charge in [-0.1, -0.05) is 0 Å². The second kappa shape index (κ2) is 8.79. The third kappa shape index (κ3) is 4.82. The average molecular weight is 491 g/mol. The highest BCUT2D eigenvalue weighted by Crippen LogP contribution is 2.39. The molecule has 3 heterocycles. The zero-order valence-corrected chi connectivity index (χ0v) is 20.5. The number of amides is 1. The van der Waals surface area contributed by atoms with Gasteiger partial charge >= 0.3 is 6.09 Å². The molecule has 0 spiro atoms. The van der Waals surface area contributed by atoms with Crippen molar-refractivity contribution in [2.45, 2.75) is 56.1 Å². The summed E-state index contributed by atoms with van der Waals surface area (Å²) in [6.07, 6.45) is 7.06. The zero-order chi connectivity index (χ0) is 23.2. The number of halogens is 1. The van der Waals surface area contributed by atoms with Gasteiger partial charge in [-0.25, -0.2) is 18.7 Å². The van der Waals surface area contributed by atoms with Crippen molar-refractivity contribution in [1.29, 1.82) is 0 Å². The maximum Gasteiger partial charge on any atom is 0.410 e. The number of nitrogens with zero attached hydrogens (tertiary/aromatic N) is 4. The standard InChI is InChI=1S/C23H27FN4O3S2/c1-14(15-6-10-27(11-7-15)22(29)31-23(2)8-9-23)30-21-26-28-13-19(25-20(28)33-21)17-5-4-16(32-3)12-18(17)24/h4-5,12-15H,6-11H2,1-3H3. The smallest absolute Gasteiger partial charge is 0.410 e. The number of benzene rings is 1. The van der Waals surface area contributed by atoms with Crippen LogP contribution < -0.4 is 4.74 Å². The van der Waals surface area contributed by atoms with E-state index in [-0.39, 0.29) is 23.6 Å². The first-order chi connectivity index (χ1) is 15.8. The first-order valence-corrected chi connectivity index (χ1v) is 13.2. The molecule has 2 aliphatic rings. The molecule has 1 saturated carbocycles. The first-order valence-electron chi connectivity index (χ1n) is 11.2. The van der Waals surface area contributed by atoms with Crippen LogP contribution in [0, 0.1) is 11.7 Å². The monoisotopic (exact) mass is 490 g/mol. The minimum absolute atomic E-state index is 0.0315. The average Bonchev–Trinajstić information content (AvgIpc) is 3.21. The van der Waals surface area contributed by atoms with Gasteiger partial charge in [0.2, 0.25) is 4.96 Å². The van der Waals surface area contributed by atoms with Crippen molar-refractivity contribution >= 4 is 34.2 Å². The minimum Gasteiger partial charge on any atom is -0.466 e. The van der Waals surface area contributed by atoms with Crippen molar-refractivity contribution < 1.29 is 18.7 Å². The van der Waals surface area contributed by atoms with E-state index in [2.05, 4.69) is 10.1 Å². The summed E-state index contributed by atoms with van der Waals surface area (Å²) in [5.74, 6) is 0.0422. The topological polar surface area (TPSA) is 69.0 Å². The van der Waals surface area contributed by atoms with Crippen LogP contribution in [0.3, 0.4) is 0 Å². The number of imidazole rings is 1. The van der Waals surface area contributed by atoms with Crippen LogP contribution in [0.5, 0.6) is 5.19 Å². The summed E-state index contributed by atoms with van der Waals surface area (Å²) < 4.78 is 27.8. The van der Waals surface area contributed by atoms with Gasteiger partial charge in [-0.3, -0.25) is 0 Å². The van der Waals surface area contributed by atoms with Crippen LogP contribution in [0.4, 0.5) is 9.18 Å². The third-order valence-electron chi connectivity index (χ3n) is 6.51. The number of aromatic nitrogens is 3. The van der Waals surface area contributed by atoms with Gasteiger partial charge in [-0.05, 0) is 81.2 Å². The normalized spacial score (nSPS) is 19.0. The van der Waals surface area contributed by atoms with E-state index in [1.807, 2.05) is 26.2 Å². The highest BCUT2D eigenvalue weighted by atomic mass is 32.2. The molecule has 2 fully saturated rings. The summed E-state index contributed by atoms with van der Waals surface area (Å²) in [5, 5.41) is 5.03. The predicted molar refractivity (Wildman–Crippen MR) is 127 cm³/mol. The van der Waals surface area contributed by atoms with Crippen LogP contribution in [-0.4, -0.2) is 56.6 Å². The van der Waals surface area contributed by atoms with E-state index >= 15 is 0 Å². The fourth-order valence-electron chi connectivity index (χ4n) is 4.05.